The van der Waals surface area contributed by atoms with E-state index >= 15 is 0 Å². The Morgan fingerprint density at radius 2 is 1.94 bits per heavy atom. The zero-order valence-corrected chi connectivity index (χ0v) is 18.2. The molecule has 0 aliphatic carbocycles. The van der Waals surface area contributed by atoms with Gasteiger partial charge in [0.2, 0.25) is 5.91 Å². The van der Waals surface area contributed by atoms with Crippen molar-refractivity contribution in [1.82, 2.24) is 19.8 Å². The van der Waals surface area contributed by atoms with Crippen LogP contribution in [0.4, 0.5) is 0 Å². The van der Waals surface area contributed by atoms with E-state index in [2.05, 4.69) is 33.1 Å². The number of rotatable bonds is 6. The number of amides is 1. The number of nitrogens with one attached hydrogen (secondary N) is 1. The van der Waals surface area contributed by atoms with Gasteiger partial charge in [0.05, 0.1) is 17.5 Å². The summed E-state index contributed by atoms with van der Waals surface area (Å²) in [7, 11) is 0. The molecule has 1 N–H and O–H groups in total. The van der Waals surface area contributed by atoms with Crippen molar-refractivity contribution >= 4 is 16.8 Å². The molecule has 166 valence electrons. The molecule has 0 atom stereocenters. The van der Waals surface area contributed by atoms with Crippen molar-refractivity contribution in [3.8, 4) is 5.75 Å². The predicted molar refractivity (Wildman–Crippen MR) is 123 cm³/mol. The number of fused-ring (bicyclic) bond motifs is 2. The summed E-state index contributed by atoms with van der Waals surface area (Å²) < 4.78 is 5.59. The average molecular weight is 433 g/mol. The number of aryl methyl sites for hydroxylation is 1. The van der Waals surface area contributed by atoms with Gasteiger partial charge in [0.1, 0.15) is 11.6 Å². The Hall–Kier alpha value is -3.19. The van der Waals surface area contributed by atoms with Gasteiger partial charge in [0.15, 0.2) is 0 Å². The minimum atomic E-state index is -0.121. The molecule has 1 saturated heterocycles. The fourth-order valence-corrected chi connectivity index (χ4v) is 4.57. The Bertz CT molecular complexity index is 1180. The molecular formula is C25H28N4O3. The van der Waals surface area contributed by atoms with Gasteiger partial charge in [0, 0.05) is 52.0 Å². The predicted octanol–water partition coefficient (Wildman–Crippen LogP) is 2.53. The lowest BCUT2D eigenvalue weighted by Gasteiger charge is -2.35. The lowest BCUT2D eigenvalue weighted by atomic mass is 10.1. The first-order valence-electron chi connectivity index (χ1n) is 11.4. The molecule has 5 rings (SSSR count). The molecule has 2 aliphatic rings. The lowest BCUT2D eigenvalue weighted by molar-refractivity contribution is -0.133. The summed E-state index contributed by atoms with van der Waals surface area (Å²) in [6, 6.07) is 13.8. The highest BCUT2D eigenvalue weighted by Gasteiger charge is 2.21. The first-order valence-corrected chi connectivity index (χ1v) is 11.4. The van der Waals surface area contributed by atoms with E-state index in [4.69, 9.17) is 4.74 Å². The summed E-state index contributed by atoms with van der Waals surface area (Å²) in [5, 5.41) is 0.596. The third-order valence-corrected chi connectivity index (χ3v) is 6.35. The first kappa shape index (κ1) is 20.7. The molecular weight excluding hydrogens is 404 g/mol. The van der Waals surface area contributed by atoms with Crippen molar-refractivity contribution in [1.29, 1.82) is 0 Å². The van der Waals surface area contributed by atoms with Crippen LogP contribution in [0.3, 0.4) is 0 Å². The highest BCUT2D eigenvalue weighted by Crippen LogP contribution is 2.26. The molecule has 3 aromatic rings. The number of hydrogen-bond donors (Lipinski definition) is 1. The van der Waals surface area contributed by atoms with Gasteiger partial charge in [-0.1, -0.05) is 24.3 Å². The Labute approximate surface area is 187 Å². The smallest absolute Gasteiger partial charge is 0.258 e. The van der Waals surface area contributed by atoms with Crippen molar-refractivity contribution in [2.45, 2.75) is 32.2 Å². The number of carbonyl (C=O) groups excluding carboxylic acids is 1. The molecule has 2 aromatic carbocycles. The Morgan fingerprint density at radius 1 is 1.09 bits per heavy atom. The highest BCUT2D eigenvalue weighted by atomic mass is 16.5. The Balaban J connectivity index is 1.08. The van der Waals surface area contributed by atoms with Crippen LogP contribution in [0.2, 0.25) is 0 Å². The van der Waals surface area contributed by atoms with Gasteiger partial charge < -0.3 is 14.6 Å². The summed E-state index contributed by atoms with van der Waals surface area (Å²) >= 11 is 0. The monoisotopic (exact) mass is 432 g/mol. The van der Waals surface area contributed by atoms with Crippen molar-refractivity contribution in [2.24, 2.45) is 0 Å². The highest BCUT2D eigenvalue weighted by molar-refractivity contribution is 5.77. The molecule has 1 amide bonds. The molecule has 0 spiro atoms. The molecule has 0 bridgehead atoms. The van der Waals surface area contributed by atoms with E-state index in [1.54, 1.807) is 6.07 Å². The van der Waals surface area contributed by atoms with Gasteiger partial charge in [-0.05, 0) is 35.7 Å². The largest absolute Gasteiger partial charge is 0.493 e. The van der Waals surface area contributed by atoms with Gasteiger partial charge in [-0.3, -0.25) is 14.5 Å². The van der Waals surface area contributed by atoms with Crippen LogP contribution in [0.25, 0.3) is 10.9 Å². The maximum atomic E-state index is 12.7. The van der Waals surface area contributed by atoms with Gasteiger partial charge in [-0.2, -0.15) is 0 Å². The van der Waals surface area contributed by atoms with Crippen LogP contribution in [0.1, 0.15) is 29.8 Å². The van der Waals surface area contributed by atoms with E-state index in [9.17, 15) is 9.59 Å². The van der Waals surface area contributed by atoms with E-state index in [0.717, 1.165) is 51.5 Å². The maximum Gasteiger partial charge on any atom is 0.258 e. The summed E-state index contributed by atoms with van der Waals surface area (Å²) in [5.74, 6) is 1.85. The van der Waals surface area contributed by atoms with Crippen molar-refractivity contribution < 1.29 is 9.53 Å². The lowest BCUT2D eigenvalue weighted by Crippen LogP contribution is -2.48. The number of piperazine rings is 1. The van der Waals surface area contributed by atoms with Gasteiger partial charge in [-0.25, -0.2) is 4.98 Å². The zero-order chi connectivity index (χ0) is 21.9. The molecule has 0 unspecified atom stereocenters. The number of aromatic amines is 1. The van der Waals surface area contributed by atoms with Crippen molar-refractivity contribution in [3.63, 3.8) is 0 Å². The second-order valence-corrected chi connectivity index (χ2v) is 8.58. The number of H-pyrrole nitrogens is 1. The number of ether oxygens (including phenoxy) is 1. The molecule has 7 heteroatoms. The molecule has 1 aromatic heterocycles. The zero-order valence-electron chi connectivity index (χ0n) is 18.2. The minimum absolute atomic E-state index is 0.121. The van der Waals surface area contributed by atoms with Crippen LogP contribution in [-0.2, 0) is 24.2 Å². The standard InChI is InChI=1S/C25H28N4O3/c30-24(7-3-6-23-26-21-5-2-1-4-20(21)25(31)27-23)29-13-11-28(12-14-29)17-18-8-9-22-19(16-18)10-15-32-22/h1-2,4-5,8-9,16H,3,6-7,10-15,17H2,(H,26,27,31). The van der Waals surface area contributed by atoms with Gasteiger partial charge in [0.25, 0.3) is 5.56 Å². The summed E-state index contributed by atoms with van der Waals surface area (Å²) in [6.07, 6.45) is 2.74. The fraction of sp³-hybridized carbons (Fsp3) is 0.400. The van der Waals surface area contributed by atoms with Crippen LogP contribution in [0.15, 0.2) is 47.3 Å². The van der Waals surface area contributed by atoms with E-state index < -0.39 is 0 Å². The van der Waals surface area contributed by atoms with Crippen LogP contribution in [-0.4, -0.2) is 58.5 Å². The van der Waals surface area contributed by atoms with E-state index in [1.165, 1.54) is 11.1 Å². The molecule has 3 heterocycles. The Kier molecular flexibility index (Phi) is 5.90. The second-order valence-electron chi connectivity index (χ2n) is 8.58. The third-order valence-electron chi connectivity index (χ3n) is 6.35. The number of benzene rings is 2. The van der Waals surface area contributed by atoms with Crippen LogP contribution < -0.4 is 10.3 Å². The summed E-state index contributed by atoms with van der Waals surface area (Å²) in [6.45, 7) is 5.00. The average Bonchev–Trinajstić information content (AvgIpc) is 3.27. The van der Waals surface area contributed by atoms with Crippen molar-refractivity contribution in [3.05, 3.63) is 69.8 Å². The minimum Gasteiger partial charge on any atom is -0.493 e. The topological polar surface area (TPSA) is 78.5 Å². The molecule has 1 fully saturated rings. The molecule has 0 saturated carbocycles. The summed E-state index contributed by atoms with van der Waals surface area (Å²) in [4.78, 5) is 36.6. The number of hydrogen-bond acceptors (Lipinski definition) is 5. The number of nitrogens with zero attached hydrogens (tertiary/aromatic N) is 3. The maximum absolute atomic E-state index is 12.7. The van der Waals surface area contributed by atoms with E-state index in [0.29, 0.717) is 36.0 Å². The van der Waals surface area contributed by atoms with Gasteiger partial charge in [-0.15, -0.1) is 0 Å². The number of para-hydroxylation sites is 1. The third kappa shape index (κ3) is 4.53. The number of aromatic nitrogens is 2. The van der Waals surface area contributed by atoms with Crippen molar-refractivity contribution in [2.75, 3.05) is 32.8 Å². The van der Waals surface area contributed by atoms with Crippen LogP contribution in [0, 0.1) is 0 Å². The number of carbonyl (C=O) groups is 1. The molecule has 2 aliphatic heterocycles. The van der Waals surface area contributed by atoms with Crippen LogP contribution in [0.5, 0.6) is 5.75 Å². The molecule has 7 nitrogen and oxygen atoms in total. The quantitative estimate of drug-likeness (QED) is 0.648. The molecule has 0 radical (unpaired) electrons. The van der Waals surface area contributed by atoms with E-state index in [-0.39, 0.29) is 11.5 Å². The molecule has 32 heavy (non-hydrogen) atoms. The first-order chi connectivity index (χ1) is 15.7. The summed E-state index contributed by atoms with van der Waals surface area (Å²) in [5.41, 5.74) is 3.19. The normalized spacial score (nSPS) is 16.2. The second kappa shape index (κ2) is 9.12. The van der Waals surface area contributed by atoms with Crippen LogP contribution >= 0.6 is 0 Å². The fourth-order valence-electron chi connectivity index (χ4n) is 4.57. The van der Waals surface area contributed by atoms with Gasteiger partial charge >= 0.3 is 0 Å². The SMILES string of the molecule is O=C(CCCc1nc2ccccc2c(=O)[nH]1)N1CCN(Cc2ccc3c(c2)CCO3)CC1. The van der Waals surface area contributed by atoms with E-state index in [1.807, 2.05) is 23.1 Å². The Morgan fingerprint density at radius 3 is 2.81 bits per heavy atom.